The number of nitrogens with one attached hydrogen (secondary N) is 1. The van der Waals surface area contributed by atoms with Gasteiger partial charge in [-0.1, -0.05) is 0 Å². The number of hydrogen-bond donors (Lipinski definition) is 1. The van der Waals surface area contributed by atoms with Crippen molar-refractivity contribution < 1.29 is 19.2 Å². The van der Waals surface area contributed by atoms with Crippen LogP contribution in [0.4, 0.5) is 11.4 Å². The Hall–Kier alpha value is -3.53. The molecule has 0 aliphatic rings. The number of thiophene rings is 1. The molecular formula is C18H16N4O5S. The molecule has 10 heteroatoms. The van der Waals surface area contributed by atoms with Gasteiger partial charge in [0, 0.05) is 11.1 Å². The van der Waals surface area contributed by atoms with Crippen molar-refractivity contribution in [2.75, 3.05) is 5.32 Å². The van der Waals surface area contributed by atoms with E-state index in [1.807, 2.05) is 5.38 Å². The highest BCUT2D eigenvalue weighted by atomic mass is 32.1. The van der Waals surface area contributed by atoms with Gasteiger partial charge in [-0.2, -0.15) is 16.4 Å². The Morgan fingerprint density at radius 2 is 1.96 bits per heavy atom. The number of anilines is 1. The molecule has 3 rings (SSSR count). The Labute approximate surface area is 163 Å². The first-order valence-corrected chi connectivity index (χ1v) is 9.07. The Kier molecular flexibility index (Phi) is 5.23. The third kappa shape index (κ3) is 4.07. The van der Waals surface area contributed by atoms with Crippen LogP contribution >= 0.6 is 11.3 Å². The Bertz CT molecular complexity index is 1010. The molecule has 0 aliphatic carbocycles. The Morgan fingerprint density at radius 1 is 1.25 bits per heavy atom. The molecule has 2 heterocycles. The van der Waals surface area contributed by atoms with E-state index >= 15 is 0 Å². The van der Waals surface area contributed by atoms with Gasteiger partial charge in [0.1, 0.15) is 18.1 Å². The molecule has 0 aliphatic heterocycles. The number of benzene rings is 1. The molecular weight excluding hydrogens is 384 g/mol. The fourth-order valence-electron chi connectivity index (χ4n) is 2.24. The average Bonchev–Trinajstić information content (AvgIpc) is 3.35. The summed E-state index contributed by atoms with van der Waals surface area (Å²) < 4.78 is 6.54. The average molecular weight is 400 g/mol. The molecule has 1 N–H and O–H groups in total. The minimum Gasteiger partial charge on any atom is -0.425 e. The lowest BCUT2D eigenvalue weighted by molar-refractivity contribution is -0.385. The van der Waals surface area contributed by atoms with Gasteiger partial charge in [0.2, 0.25) is 0 Å². The number of carbonyl (C=O) groups is 2. The number of aromatic nitrogens is 2. The zero-order chi connectivity index (χ0) is 20.3. The third-order valence-electron chi connectivity index (χ3n) is 3.96. The molecule has 3 aromatic rings. The van der Waals surface area contributed by atoms with Crippen molar-refractivity contribution in [1.29, 1.82) is 0 Å². The Morgan fingerprint density at radius 3 is 2.54 bits per heavy atom. The van der Waals surface area contributed by atoms with Crippen LogP contribution in [0.1, 0.15) is 24.2 Å². The van der Waals surface area contributed by atoms with Gasteiger partial charge in [-0.05, 0) is 49.6 Å². The molecule has 0 atom stereocenters. The molecule has 0 saturated heterocycles. The molecule has 144 valence electrons. The zero-order valence-corrected chi connectivity index (χ0v) is 15.8. The van der Waals surface area contributed by atoms with Gasteiger partial charge in [-0.3, -0.25) is 14.9 Å². The summed E-state index contributed by atoms with van der Waals surface area (Å²) in [4.78, 5) is 34.7. The summed E-state index contributed by atoms with van der Waals surface area (Å²) in [5.74, 6) is -0.596. The lowest BCUT2D eigenvalue weighted by atomic mass is 10.1. The third-order valence-corrected chi connectivity index (χ3v) is 4.64. The number of nitro groups is 1. The molecule has 0 saturated carbocycles. The van der Waals surface area contributed by atoms with Gasteiger partial charge in [0.05, 0.1) is 10.5 Å². The monoisotopic (exact) mass is 400 g/mol. The van der Waals surface area contributed by atoms with Crippen molar-refractivity contribution in [3.63, 3.8) is 0 Å². The van der Waals surface area contributed by atoms with Gasteiger partial charge in [-0.25, -0.2) is 9.48 Å². The van der Waals surface area contributed by atoms with Gasteiger partial charge >= 0.3 is 11.7 Å². The van der Waals surface area contributed by atoms with Crippen LogP contribution in [0.5, 0.6) is 5.75 Å². The number of carbonyl (C=O) groups excluding carboxylic acids is 2. The molecule has 2 aromatic heterocycles. The molecule has 0 fully saturated rings. The zero-order valence-electron chi connectivity index (χ0n) is 15.0. The van der Waals surface area contributed by atoms with Gasteiger partial charge in [0.25, 0.3) is 5.91 Å². The molecule has 0 spiro atoms. The summed E-state index contributed by atoms with van der Waals surface area (Å²) in [6, 6.07) is 8.03. The van der Waals surface area contributed by atoms with Crippen LogP contribution < -0.4 is 10.1 Å². The second-order valence-electron chi connectivity index (χ2n) is 6.34. The van der Waals surface area contributed by atoms with Crippen molar-refractivity contribution in [3.05, 3.63) is 69.2 Å². The minimum atomic E-state index is -1.25. The Balaban J connectivity index is 1.66. The molecule has 28 heavy (non-hydrogen) atoms. The van der Waals surface area contributed by atoms with Crippen molar-refractivity contribution in [2.24, 2.45) is 0 Å². The molecule has 0 bridgehead atoms. The van der Waals surface area contributed by atoms with Crippen LogP contribution in [0.25, 0.3) is 0 Å². The second kappa shape index (κ2) is 7.61. The number of hydrogen-bond acceptors (Lipinski definition) is 7. The van der Waals surface area contributed by atoms with Crippen molar-refractivity contribution in [3.8, 4) is 5.75 Å². The van der Waals surface area contributed by atoms with Crippen LogP contribution in [-0.2, 0) is 10.3 Å². The fraction of sp³-hybridized carbons (Fsp3) is 0.167. The summed E-state index contributed by atoms with van der Waals surface area (Å²) in [6.07, 6.45) is 2.24. The van der Waals surface area contributed by atoms with E-state index in [-0.39, 0.29) is 17.3 Å². The highest BCUT2D eigenvalue weighted by Gasteiger charge is 2.34. The summed E-state index contributed by atoms with van der Waals surface area (Å²) >= 11 is 1.43. The highest BCUT2D eigenvalue weighted by molar-refractivity contribution is 7.08. The van der Waals surface area contributed by atoms with Crippen LogP contribution in [0.15, 0.2) is 53.5 Å². The maximum atomic E-state index is 12.5. The number of ether oxygens (including phenoxy) is 1. The first kappa shape index (κ1) is 19.2. The maximum absolute atomic E-state index is 12.5. The summed E-state index contributed by atoms with van der Waals surface area (Å²) in [7, 11) is 0. The SMILES string of the molecule is CC(C)(C(=O)Oc1ccc(NC(=O)c2ccsc2)cc1)n1cc([N+](=O)[O-])cn1. The normalized spacial score (nSPS) is 11.1. The summed E-state index contributed by atoms with van der Waals surface area (Å²) in [5, 5.41) is 21.0. The summed E-state index contributed by atoms with van der Waals surface area (Å²) in [6.45, 7) is 3.09. The fourth-order valence-corrected chi connectivity index (χ4v) is 2.88. The van der Waals surface area contributed by atoms with Crippen molar-refractivity contribution in [1.82, 2.24) is 9.78 Å². The van der Waals surface area contributed by atoms with Gasteiger partial charge < -0.3 is 10.1 Å². The number of rotatable bonds is 6. The van der Waals surface area contributed by atoms with E-state index in [9.17, 15) is 19.7 Å². The predicted molar refractivity (Wildman–Crippen MR) is 103 cm³/mol. The van der Waals surface area contributed by atoms with E-state index in [1.165, 1.54) is 22.2 Å². The lowest BCUT2D eigenvalue weighted by Crippen LogP contribution is -2.39. The van der Waals surface area contributed by atoms with Gasteiger partial charge in [0.15, 0.2) is 5.54 Å². The molecule has 0 radical (unpaired) electrons. The van der Waals surface area contributed by atoms with Crippen molar-refractivity contribution >= 4 is 34.6 Å². The molecule has 1 aromatic carbocycles. The highest BCUT2D eigenvalue weighted by Crippen LogP contribution is 2.23. The van der Waals surface area contributed by atoms with Crippen LogP contribution in [0.2, 0.25) is 0 Å². The first-order chi connectivity index (χ1) is 13.3. The number of esters is 1. The van der Waals surface area contributed by atoms with E-state index in [1.54, 1.807) is 49.6 Å². The van der Waals surface area contributed by atoms with E-state index in [0.29, 0.717) is 11.3 Å². The first-order valence-electron chi connectivity index (χ1n) is 8.13. The maximum Gasteiger partial charge on any atom is 0.338 e. The molecule has 1 amide bonds. The van der Waals surface area contributed by atoms with E-state index in [4.69, 9.17) is 4.74 Å². The predicted octanol–water partition coefficient (Wildman–Crippen LogP) is 3.45. The summed E-state index contributed by atoms with van der Waals surface area (Å²) in [5.41, 5.74) is -0.347. The molecule has 9 nitrogen and oxygen atoms in total. The number of nitrogens with zero attached hydrogens (tertiary/aromatic N) is 3. The number of amides is 1. The quantitative estimate of drug-likeness (QED) is 0.293. The van der Waals surface area contributed by atoms with E-state index < -0.39 is 16.4 Å². The van der Waals surface area contributed by atoms with E-state index in [0.717, 1.165) is 6.20 Å². The lowest BCUT2D eigenvalue weighted by Gasteiger charge is -2.22. The molecule has 0 unspecified atom stereocenters. The van der Waals surface area contributed by atoms with Crippen LogP contribution in [0, 0.1) is 10.1 Å². The van der Waals surface area contributed by atoms with Crippen molar-refractivity contribution in [2.45, 2.75) is 19.4 Å². The smallest absolute Gasteiger partial charge is 0.338 e. The second-order valence-corrected chi connectivity index (χ2v) is 7.12. The van der Waals surface area contributed by atoms with Gasteiger partial charge in [-0.15, -0.1) is 0 Å². The minimum absolute atomic E-state index is 0.216. The topological polar surface area (TPSA) is 116 Å². The standard InChI is InChI=1S/C18H16N4O5S/c1-18(2,21-10-14(9-19-21)22(25)26)17(24)27-15-5-3-13(4-6-15)20-16(23)12-7-8-28-11-12/h3-11H,1-2H3,(H,20,23). The van der Waals surface area contributed by atoms with Crippen LogP contribution in [0.3, 0.4) is 0 Å². The van der Waals surface area contributed by atoms with Crippen LogP contribution in [-0.4, -0.2) is 26.6 Å². The van der Waals surface area contributed by atoms with E-state index in [2.05, 4.69) is 10.4 Å². The largest absolute Gasteiger partial charge is 0.425 e.